The fourth-order valence-electron chi connectivity index (χ4n) is 6.84. The van der Waals surface area contributed by atoms with Crippen molar-refractivity contribution in [1.82, 2.24) is 14.7 Å². The Balaban J connectivity index is 0.00000337. The molecule has 3 fully saturated rings. The number of urea groups is 1. The van der Waals surface area contributed by atoms with E-state index in [4.69, 9.17) is 0 Å². The van der Waals surface area contributed by atoms with E-state index in [0.717, 1.165) is 62.1 Å². The molecule has 6 nitrogen and oxygen atoms in total. The predicted molar refractivity (Wildman–Crippen MR) is 169 cm³/mol. The third-order valence-electron chi connectivity index (χ3n) is 9.17. The number of anilines is 1. The third kappa shape index (κ3) is 6.63. The molecule has 1 N–H and O–H groups in total. The molecule has 3 aliphatic heterocycles. The number of carbonyl (C=O) groups is 2. The Kier molecular flexibility index (Phi) is 9.37. The van der Waals surface area contributed by atoms with Gasteiger partial charge in [-0.15, -0.1) is 12.4 Å². The minimum atomic E-state index is -0.206. The first-order valence-electron chi connectivity index (χ1n) is 14.4. The average Bonchev–Trinajstić information content (AvgIpc) is 3.54. The van der Waals surface area contributed by atoms with Crippen LogP contribution in [0.2, 0.25) is 0 Å². The molecule has 3 aromatic rings. The van der Waals surface area contributed by atoms with Crippen molar-refractivity contribution in [3.05, 3.63) is 101 Å². The Labute approximate surface area is 257 Å². The number of para-hydroxylation sites is 1. The summed E-state index contributed by atoms with van der Waals surface area (Å²) in [6, 6.07) is 28.5. The van der Waals surface area contributed by atoms with Gasteiger partial charge >= 0.3 is 6.03 Å². The minimum Gasteiger partial charge on any atom is -0.338 e. The van der Waals surface area contributed by atoms with Gasteiger partial charge in [-0.1, -0.05) is 76.6 Å². The van der Waals surface area contributed by atoms with Gasteiger partial charge in [-0.3, -0.25) is 4.79 Å². The summed E-state index contributed by atoms with van der Waals surface area (Å²) in [4.78, 5) is 33.3. The molecule has 0 aliphatic carbocycles. The molecule has 0 saturated carbocycles. The zero-order chi connectivity index (χ0) is 27.5. The maximum atomic E-state index is 13.6. The number of nitrogens with zero attached hydrogens (tertiary/aromatic N) is 3. The lowest BCUT2D eigenvalue weighted by Gasteiger charge is -2.39. The number of hydrogen-bond donors (Lipinski definition) is 1. The number of likely N-dealkylation sites (tertiary alicyclic amines) is 3. The third-order valence-corrected chi connectivity index (χ3v) is 9.70. The van der Waals surface area contributed by atoms with E-state index in [2.05, 4.69) is 73.5 Å². The number of benzene rings is 3. The summed E-state index contributed by atoms with van der Waals surface area (Å²) in [5.74, 6) is 0.987. The molecule has 41 heavy (non-hydrogen) atoms. The number of rotatable bonds is 6. The highest BCUT2D eigenvalue weighted by molar-refractivity contribution is 9.10. The minimum absolute atomic E-state index is 0. The van der Waals surface area contributed by atoms with E-state index in [1.165, 1.54) is 11.1 Å². The first-order chi connectivity index (χ1) is 19.5. The standard InChI is InChI=1S/C33H37BrN4O2.ClH/c34-28-13-11-25(12-14-28)21-37-20-17-33(31(37)39)15-18-36(19-16-33)22-27-23-38(24-30(27)26-7-3-1-4-8-26)32(40)35-29-9-5-2-6-10-29;/h1-14,27,30H,15-24H2,(H,35,40);1H. The van der Waals surface area contributed by atoms with E-state index in [1.54, 1.807) is 0 Å². The normalized spacial score (nSPS) is 22.1. The number of piperidine rings is 1. The molecule has 1 spiro atoms. The largest absolute Gasteiger partial charge is 0.338 e. The van der Waals surface area contributed by atoms with Crippen LogP contribution in [0.5, 0.6) is 0 Å². The van der Waals surface area contributed by atoms with Gasteiger partial charge in [0.05, 0.1) is 5.41 Å². The molecule has 3 heterocycles. The van der Waals surface area contributed by atoms with Crippen LogP contribution < -0.4 is 5.32 Å². The fraction of sp³-hybridized carbons (Fsp3) is 0.394. The summed E-state index contributed by atoms with van der Waals surface area (Å²) in [7, 11) is 0. The Morgan fingerprint density at radius 2 is 1.49 bits per heavy atom. The Bertz CT molecular complexity index is 1320. The zero-order valence-corrected chi connectivity index (χ0v) is 25.7. The molecule has 0 aromatic heterocycles. The van der Waals surface area contributed by atoms with Crippen LogP contribution in [-0.4, -0.2) is 65.9 Å². The van der Waals surface area contributed by atoms with Crippen molar-refractivity contribution in [3.8, 4) is 0 Å². The Hall–Kier alpha value is -2.87. The van der Waals surface area contributed by atoms with Crippen molar-refractivity contribution in [2.75, 3.05) is 44.6 Å². The number of amides is 3. The monoisotopic (exact) mass is 636 g/mol. The molecule has 6 rings (SSSR count). The van der Waals surface area contributed by atoms with E-state index < -0.39 is 0 Å². The highest BCUT2D eigenvalue weighted by Crippen LogP contribution is 2.43. The molecule has 3 saturated heterocycles. The van der Waals surface area contributed by atoms with Gasteiger partial charge in [-0.2, -0.15) is 0 Å². The van der Waals surface area contributed by atoms with E-state index in [9.17, 15) is 9.59 Å². The average molecular weight is 638 g/mol. The Morgan fingerprint density at radius 3 is 2.17 bits per heavy atom. The highest BCUT2D eigenvalue weighted by atomic mass is 79.9. The SMILES string of the molecule is Cl.O=C(Nc1ccccc1)N1CC(CN2CCC3(CC2)CCN(Cc2ccc(Br)cc2)C3=O)C(c2ccccc2)C1. The molecule has 8 heteroatoms. The second kappa shape index (κ2) is 13.0. The van der Waals surface area contributed by atoms with Gasteiger partial charge in [-0.05, 0) is 73.7 Å². The molecule has 3 aromatic carbocycles. The van der Waals surface area contributed by atoms with E-state index in [1.807, 2.05) is 47.4 Å². The second-order valence-corrected chi connectivity index (χ2v) is 12.6. The topological polar surface area (TPSA) is 55.9 Å². The van der Waals surface area contributed by atoms with Gasteiger partial charge in [-0.25, -0.2) is 4.79 Å². The van der Waals surface area contributed by atoms with Gasteiger partial charge < -0.3 is 20.0 Å². The summed E-state index contributed by atoms with van der Waals surface area (Å²) in [5, 5.41) is 3.07. The van der Waals surface area contributed by atoms with Gasteiger partial charge in [0, 0.05) is 48.8 Å². The fourth-order valence-corrected chi connectivity index (χ4v) is 7.10. The summed E-state index contributed by atoms with van der Waals surface area (Å²) >= 11 is 3.50. The van der Waals surface area contributed by atoms with Crippen LogP contribution in [0.3, 0.4) is 0 Å². The van der Waals surface area contributed by atoms with Crippen molar-refractivity contribution < 1.29 is 9.59 Å². The van der Waals surface area contributed by atoms with Crippen LogP contribution in [0.1, 0.15) is 36.3 Å². The van der Waals surface area contributed by atoms with Gasteiger partial charge in [0.15, 0.2) is 0 Å². The van der Waals surface area contributed by atoms with Gasteiger partial charge in [0.25, 0.3) is 0 Å². The number of nitrogens with one attached hydrogen (secondary N) is 1. The van der Waals surface area contributed by atoms with Crippen molar-refractivity contribution in [1.29, 1.82) is 0 Å². The second-order valence-electron chi connectivity index (χ2n) is 11.7. The van der Waals surface area contributed by atoms with Crippen molar-refractivity contribution in [2.45, 2.75) is 31.7 Å². The number of halogens is 2. The summed E-state index contributed by atoms with van der Waals surface area (Å²) in [5.41, 5.74) is 3.09. The zero-order valence-electron chi connectivity index (χ0n) is 23.3. The molecule has 2 atom stereocenters. The lowest BCUT2D eigenvalue weighted by Crippen LogP contribution is -2.46. The van der Waals surface area contributed by atoms with Crippen LogP contribution in [0, 0.1) is 11.3 Å². The van der Waals surface area contributed by atoms with E-state index >= 15 is 0 Å². The highest BCUT2D eigenvalue weighted by Gasteiger charge is 2.48. The summed E-state index contributed by atoms with van der Waals surface area (Å²) in [6.45, 7) is 5.81. The van der Waals surface area contributed by atoms with Crippen molar-refractivity contribution in [3.63, 3.8) is 0 Å². The molecule has 216 valence electrons. The predicted octanol–water partition coefficient (Wildman–Crippen LogP) is 6.63. The van der Waals surface area contributed by atoms with Crippen molar-refractivity contribution in [2.24, 2.45) is 11.3 Å². The van der Waals surface area contributed by atoms with Crippen molar-refractivity contribution >= 4 is 46.0 Å². The molecule has 2 unspecified atom stereocenters. The molecular formula is C33H38BrClN4O2. The summed E-state index contributed by atoms with van der Waals surface area (Å²) in [6.07, 6.45) is 2.80. The van der Waals surface area contributed by atoms with Crippen LogP contribution in [0.25, 0.3) is 0 Å². The molecule has 3 aliphatic rings. The first-order valence-corrected chi connectivity index (χ1v) is 15.2. The first kappa shape index (κ1) is 29.6. The van der Waals surface area contributed by atoms with E-state index in [-0.39, 0.29) is 23.9 Å². The van der Waals surface area contributed by atoms with Crippen LogP contribution in [0.15, 0.2) is 89.4 Å². The molecule has 0 radical (unpaired) electrons. The lowest BCUT2D eigenvalue weighted by molar-refractivity contribution is -0.139. The van der Waals surface area contributed by atoms with Gasteiger partial charge in [0.2, 0.25) is 5.91 Å². The number of carbonyl (C=O) groups excluding carboxylic acids is 2. The van der Waals surface area contributed by atoms with Gasteiger partial charge in [0.1, 0.15) is 0 Å². The maximum absolute atomic E-state index is 13.6. The maximum Gasteiger partial charge on any atom is 0.321 e. The lowest BCUT2D eigenvalue weighted by atomic mass is 9.76. The number of hydrogen-bond acceptors (Lipinski definition) is 3. The summed E-state index contributed by atoms with van der Waals surface area (Å²) < 4.78 is 1.06. The molecule has 3 amide bonds. The van der Waals surface area contributed by atoms with Crippen LogP contribution in [0.4, 0.5) is 10.5 Å². The van der Waals surface area contributed by atoms with E-state index in [0.29, 0.717) is 30.8 Å². The van der Waals surface area contributed by atoms with Crippen LogP contribution >= 0.6 is 28.3 Å². The quantitative estimate of drug-likeness (QED) is 0.330. The van der Waals surface area contributed by atoms with Crippen LogP contribution in [-0.2, 0) is 11.3 Å². The molecule has 0 bridgehead atoms. The smallest absolute Gasteiger partial charge is 0.321 e. The Morgan fingerprint density at radius 1 is 0.854 bits per heavy atom. The molecular weight excluding hydrogens is 600 g/mol.